The molecule has 1 heterocycles. The number of rotatable bonds is 7. The van der Waals surface area contributed by atoms with Crippen molar-refractivity contribution in [3.05, 3.63) is 58.1 Å². The molecule has 0 unspecified atom stereocenters. The molecule has 2 aromatic rings. The SMILES string of the molecule is C[C@@H]1[C@@H](N=C(Nc2ccc(N(C=O)CCc3ccc(Cl)cc3Cl)cc2)N2CCN[C@@H](C)C2)C[C@H]2C[C@H]1C2(C)C. The minimum absolute atomic E-state index is 0.346. The Balaban J connectivity index is 1.29. The van der Waals surface area contributed by atoms with E-state index in [1.807, 2.05) is 36.4 Å². The lowest BCUT2D eigenvalue weighted by Gasteiger charge is -2.61. The first-order valence-corrected chi connectivity index (χ1v) is 15.0. The van der Waals surface area contributed by atoms with Crippen LogP contribution in [0.2, 0.25) is 10.0 Å². The molecule has 1 saturated heterocycles. The molecule has 5 atom stereocenters. The Morgan fingerprint density at radius 1 is 1.18 bits per heavy atom. The molecule has 4 aliphatic rings. The standard InChI is InChI=1S/C31H41Cl2N5O/c1-20-18-37(14-12-34-20)30(36-29-16-23-15-27(21(29)2)31(23,3)4)35-25-7-9-26(10-8-25)38(19-39)13-11-22-5-6-24(32)17-28(22)33/h5-10,17,19-21,23,27,29,34H,11-16,18H2,1-4H3,(H,35,36)/t20-,21-,23+,27+,29-/m0/s1. The third-order valence-corrected chi connectivity index (χ3v) is 10.1. The zero-order valence-electron chi connectivity index (χ0n) is 23.5. The first-order valence-electron chi connectivity index (χ1n) is 14.2. The molecule has 0 aromatic heterocycles. The summed E-state index contributed by atoms with van der Waals surface area (Å²) in [5, 5.41) is 8.43. The number of fused-ring (bicyclic) bond motifs is 2. The summed E-state index contributed by atoms with van der Waals surface area (Å²) in [4.78, 5) is 21.4. The van der Waals surface area contributed by atoms with E-state index in [-0.39, 0.29) is 0 Å². The van der Waals surface area contributed by atoms with Crippen LogP contribution < -0.4 is 15.5 Å². The molecule has 6 rings (SSSR count). The van der Waals surface area contributed by atoms with Crippen molar-refractivity contribution in [2.24, 2.45) is 28.2 Å². The molecule has 4 fully saturated rings. The van der Waals surface area contributed by atoms with Gasteiger partial charge in [-0.25, -0.2) is 4.99 Å². The van der Waals surface area contributed by atoms with Crippen LogP contribution in [0.4, 0.5) is 11.4 Å². The van der Waals surface area contributed by atoms with E-state index in [2.05, 4.69) is 43.2 Å². The van der Waals surface area contributed by atoms with Crippen molar-refractivity contribution >= 4 is 46.9 Å². The summed E-state index contributed by atoms with van der Waals surface area (Å²) in [5.41, 5.74) is 3.24. The minimum Gasteiger partial charge on any atom is -0.340 e. The molecule has 6 nitrogen and oxygen atoms in total. The normalized spacial score (nSPS) is 28.0. The molecule has 0 spiro atoms. The minimum atomic E-state index is 0.346. The highest BCUT2D eigenvalue weighted by Gasteiger charge is 2.56. The third kappa shape index (κ3) is 6.08. The molecule has 2 N–H and O–H groups in total. The lowest BCUT2D eigenvalue weighted by atomic mass is 9.45. The monoisotopic (exact) mass is 569 g/mol. The Kier molecular flexibility index (Phi) is 8.46. The second kappa shape index (κ2) is 11.7. The summed E-state index contributed by atoms with van der Waals surface area (Å²) in [6.45, 7) is 12.8. The Labute approximate surface area is 243 Å². The van der Waals surface area contributed by atoms with Gasteiger partial charge in [0.1, 0.15) is 0 Å². The van der Waals surface area contributed by atoms with Gasteiger partial charge in [-0.05, 0) is 91.3 Å². The van der Waals surface area contributed by atoms with E-state index in [0.29, 0.717) is 46.4 Å². The topological polar surface area (TPSA) is 60.0 Å². The summed E-state index contributed by atoms with van der Waals surface area (Å²) in [5.74, 6) is 3.08. The Morgan fingerprint density at radius 2 is 1.95 bits per heavy atom. The fourth-order valence-electron chi connectivity index (χ4n) is 6.84. The lowest BCUT2D eigenvalue weighted by molar-refractivity contribution is -0.108. The summed E-state index contributed by atoms with van der Waals surface area (Å²) in [7, 11) is 0. The van der Waals surface area contributed by atoms with E-state index >= 15 is 0 Å². The smallest absolute Gasteiger partial charge is 0.214 e. The fourth-order valence-corrected chi connectivity index (χ4v) is 7.34. The van der Waals surface area contributed by atoms with Gasteiger partial charge < -0.3 is 20.4 Å². The van der Waals surface area contributed by atoms with Gasteiger partial charge in [0.05, 0.1) is 6.04 Å². The number of piperazine rings is 1. The number of carbonyl (C=O) groups excluding carboxylic acids is 1. The largest absolute Gasteiger partial charge is 0.340 e. The number of nitrogens with one attached hydrogen (secondary N) is 2. The van der Waals surface area contributed by atoms with Crippen molar-refractivity contribution in [1.82, 2.24) is 10.2 Å². The summed E-state index contributed by atoms with van der Waals surface area (Å²) >= 11 is 12.3. The number of hydrogen-bond donors (Lipinski definition) is 2. The van der Waals surface area contributed by atoms with Gasteiger partial charge in [0.25, 0.3) is 0 Å². The van der Waals surface area contributed by atoms with Gasteiger partial charge >= 0.3 is 0 Å². The maximum Gasteiger partial charge on any atom is 0.214 e. The highest BCUT2D eigenvalue weighted by atomic mass is 35.5. The van der Waals surface area contributed by atoms with Crippen molar-refractivity contribution in [2.45, 2.75) is 59.0 Å². The first kappa shape index (κ1) is 28.3. The van der Waals surface area contributed by atoms with Gasteiger partial charge in [-0.2, -0.15) is 0 Å². The predicted molar refractivity (Wildman–Crippen MR) is 163 cm³/mol. The van der Waals surface area contributed by atoms with E-state index in [9.17, 15) is 4.79 Å². The average Bonchev–Trinajstić information content (AvgIpc) is 2.91. The van der Waals surface area contributed by atoms with Crippen molar-refractivity contribution in [3.63, 3.8) is 0 Å². The van der Waals surface area contributed by atoms with Gasteiger partial charge in [0, 0.05) is 53.6 Å². The number of amides is 1. The molecule has 1 amide bonds. The van der Waals surface area contributed by atoms with E-state index in [1.165, 1.54) is 12.8 Å². The second-order valence-corrected chi connectivity index (χ2v) is 13.1. The number of anilines is 2. The van der Waals surface area contributed by atoms with Crippen LogP contribution in [-0.2, 0) is 11.2 Å². The van der Waals surface area contributed by atoms with Crippen LogP contribution in [0.3, 0.4) is 0 Å². The summed E-state index contributed by atoms with van der Waals surface area (Å²) < 4.78 is 0. The highest BCUT2D eigenvalue weighted by molar-refractivity contribution is 6.35. The van der Waals surface area contributed by atoms with Crippen LogP contribution in [0, 0.1) is 23.2 Å². The second-order valence-electron chi connectivity index (χ2n) is 12.2. The molecule has 2 aromatic carbocycles. The molecule has 210 valence electrons. The van der Waals surface area contributed by atoms with Crippen LogP contribution in [0.15, 0.2) is 47.5 Å². The molecule has 39 heavy (non-hydrogen) atoms. The molecule has 3 aliphatic carbocycles. The Morgan fingerprint density at radius 3 is 2.59 bits per heavy atom. The van der Waals surface area contributed by atoms with Gasteiger partial charge in [0.15, 0.2) is 5.96 Å². The van der Waals surface area contributed by atoms with Crippen LogP contribution in [0.25, 0.3) is 0 Å². The third-order valence-electron chi connectivity index (χ3n) is 9.49. The van der Waals surface area contributed by atoms with Crippen molar-refractivity contribution in [2.75, 3.05) is 36.4 Å². The van der Waals surface area contributed by atoms with Crippen molar-refractivity contribution in [1.29, 1.82) is 0 Å². The summed E-state index contributed by atoms with van der Waals surface area (Å²) in [6.07, 6.45) is 4.04. The van der Waals surface area contributed by atoms with Crippen LogP contribution in [0.1, 0.15) is 46.1 Å². The molecular weight excluding hydrogens is 529 g/mol. The van der Waals surface area contributed by atoms with Gasteiger partial charge in [-0.1, -0.05) is 50.0 Å². The molecule has 8 heteroatoms. The highest BCUT2D eigenvalue weighted by Crippen LogP contribution is 2.61. The Bertz CT molecular complexity index is 1200. The molecule has 3 saturated carbocycles. The zero-order chi connectivity index (χ0) is 27.7. The maximum atomic E-state index is 11.9. The van der Waals surface area contributed by atoms with Crippen molar-refractivity contribution < 1.29 is 4.79 Å². The molecule has 2 bridgehead atoms. The van der Waals surface area contributed by atoms with Gasteiger partial charge in [0.2, 0.25) is 6.41 Å². The number of hydrogen-bond acceptors (Lipinski definition) is 3. The quantitative estimate of drug-likeness (QED) is 0.232. The van der Waals surface area contributed by atoms with Gasteiger partial charge in [-0.15, -0.1) is 0 Å². The van der Waals surface area contributed by atoms with Crippen LogP contribution >= 0.6 is 23.2 Å². The molecular formula is C31H41Cl2N5O. The number of aliphatic imine (C=N–C) groups is 1. The van der Waals surface area contributed by atoms with Crippen LogP contribution in [-0.4, -0.2) is 55.5 Å². The van der Waals surface area contributed by atoms with Crippen molar-refractivity contribution in [3.8, 4) is 0 Å². The number of carbonyl (C=O) groups is 1. The van der Waals surface area contributed by atoms with Gasteiger partial charge in [-0.3, -0.25) is 4.79 Å². The zero-order valence-corrected chi connectivity index (χ0v) is 25.0. The van der Waals surface area contributed by atoms with E-state index in [1.54, 1.807) is 11.0 Å². The number of benzene rings is 2. The Hall–Kier alpha value is -2.28. The predicted octanol–water partition coefficient (Wildman–Crippen LogP) is 6.33. The first-order chi connectivity index (χ1) is 18.7. The molecule has 1 aliphatic heterocycles. The maximum absolute atomic E-state index is 11.9. The lowest BCUT2D eigenvalue weighted by Crippen LogP contribution is -2.57. The van der Waals surface area contributed by atoms with E-state index < -0.39 is 0 Å². The van der Waals surface area contributed by atoms with E-state index in [4.69, 9.17) is 28.2 Å². The summed E-state index contributed by atoms with van der Waals surface area (Å²) in [6, 6.07) is 14.3. The van der Waals surface area contributed by atoms with E-state index in [0.717, 1.165) is 60.8 Å². The average molecular weight is 571 g/mol. The number of guanidine groups is 1. The number of nitrogens with zero attached hydrogens (tertiary/aromatic N) is 3. The van der Waals surface area contributed by atoms with Crippen LogP contribution in [0.5, 0.6) is 0 Å². The number of halogens is 2. The molecule has 0 radical (unpaired) electrons. The fraction of sp³-hybridized carbons (Fsp3) is 0.548.